The molecule has 2 rings (SSSR count). The summed E-state index contributed by atoms with van der Waals surface area (Å²) in [4.78, 5) is 11.9. The average molecular weight is 308 g/mol. The van der Waals surface area contributed by atoms with Crippen molar-refractivity contribution < 1.29 is 13.2 Å². The highest BCUT2D eigenvalue weighted by Crippen LogP contribution is 2.24. The van der Waals surface area contributed by atoms with Crippen LogP contribution in [0.2, 0.25) is 10.0 Å². The first-order valence-corrected chi connectivity index (χ1v) is 7.91. The Hall–Kier alpha value is -0.780. The largest absolute Gasteiger partial charge is 0.326 e. The Morgan fingerprint density at radius 2 is 1.83 bits per heavy atom. The zero-order valence-electron chi connectivity index (χ0n) is 9.32. The van der Waals surface area contributed by atoms with Crippen molar-refractivity contribution >= 4 is 44.6 Å². The molecule has 0 aliphatic carbocycles. The molecule has 0 radical (unpaired) electrons. The van der Waals surface area contributed by atoms with E-state index < -0.39 is 15.8 Å². The molecule has 1 N–H and O–H groups in total. The minimum absolute atomic E-state index is 0.0708. The number of sulfone groups is 1. The maximum absolute atomic E-state index is 11.9. The number of nitrogens with one attached hydrogen (secondary N) is 1. The molecule has 0 aromatic heterocycles. The van der Waals surface area contributed by atoms with Gasteiger partial charge in [0.15, 0.2) is 9.84 Å². The second kappa shape index (κ2) is 5.07. The number of anilines is 1. The van der Waals surface area contributed by atoms with Crippen LogP contribution in [0.3, 0.4) is 0 Å². The number of hydrogen-bond acceptors (Lipinski definition) is 3. The number of amides is 1. The summed E-state index contributed by atoms with van der Waals surface area (Å²) in [5.74, 6) is -0.823. The third-order valence-electron chi connectivity index (χ3n) is 2.73. The van der Waals surface area contributed by atoms with Crippen LogP contribution in [0.1, 0.15) is 6.42 Å². The maximum atomic E-state index is 11.9. The predicted molar refractivity (Wildman–Crippen MR) is 71.9 cm³/mol. The van der Waals surface area contributed by atoms with Crippen LogP contribution >= 0.6 is 23.2 Å². The van der Waals surface area contributed by atoms with Gasteiger partial charge in [-0.25, -0.2) is 8.42 Å². The molecule has 18 heavy (non-hydrogen) atoms. The number of hydrogen-bond donors (Lipinski definition) is 1. The molecule has 1 unspecified atom stereocenters. The Labute approximate surface area is 115 Å². The van der Waals surface area contributed by atoms with E-state index in [1.807, 2.05) is 0 Å². The summed E-state index contributed by atoms with van der Waals surface area (Å²) in [6, 6.07) is 4.68. The second-order valence-electron chi connectivity index (χ2n) is 4.25. The quantitative estimate of drug-likeness (QED) is 0.912. The Kier molecular flexibility index (Phi) is 3.84. The van der Waals surface area contributed by atoms with Gasteiger partial charge >= 0.3 is 0 Å². The monoisotopic (exact) mass is 307 g/mol. The van der Waals surface area contributed by atoms with Gasteiger partial charge in [-0.05, 0) is 24.6 Å². The first-order valence-electron chi connectivity index (χ1n) is 5.33. The summed E-state index contributed by atoms with van der Waals surface area (Å²) < 4.78 is 22.6. The molecule has 1 fully saturated rings. The first kappa shape index (κ1) is 13.6. The summed E-state index contributed by atoms with van der Waals surface area (Å²) in [6.45, 7) is 0. The Balaban J connectivity index is 2.08. The van der Waals surface area contributed by atoms with Gasteiger partial charge in [0.1, 0.15) is 0 Å². The van der Waals surface area contributed by atoms with Crippen LogP contribution < -0.4 is 5.32 Å². The van der Waals surface area contributed by atoms with E-state index in [-0.39, 0.29) is 17.4 Å². The fraction of sp³-hybridized carbons (Fsp3) is 0.364. The molecule has 0 bridgehead atoms. The molecular weight excluding hydrogens is 297 g/mol. The van der Waals surface area contributed by atoms with Crippen molar-refractivity contribution in [3.05, 3.63) is 28.2 Å². The molecule has 1 saturated heterocycles. The van der Waals surface area contributed by atoms with Gasteiger partial charge in [-0.1, -0.05) is 23.2 Å². The molecular formula is C11H11Cl2NO3S. The van der Waals surface area contributed by atoms with Crippen LogP contribution in [-0.2, 0) is 14.6 Å². The van der Waals surface area contributed by atoms with Crippen molar-refractivity contribution in [2.45, 2.75) is 6.42 Å². The number of rotatable bonds is 2. The highest BCUT2D eigenvalue weighted by molar-refractivity contribution is 7.91. The number of carbonyl (C=O) groups excluding carboxylic acids is 1. The van der Waals surface area contributed by atoms with Gasteiger partial charge in [-0.3, -0.25) is 4.79 Å². The molecule has 1 aliphatic rings. The summed E-state index contributed by atoms with van der Waals surface area (Å²) in [7, 11) is -3.06. The summed E-state index contributed by atoms with van der Waals surface area (Å²) in [6.07, 6.45) is 0.364. The Morgan fingerprint density at radius 1 is 1.22 bits per heavy atom. The van der Waals surface area contributed by atoms with E-state index in [0.29, 0.717) is 22.2 Å². The van der Waals surface area contributed by atoms with Gasteiger partial charge < -0.3 is 5.32 Å². The molecule has 1 atom stereocenters. The lowest BCUT2D eigenvalue weighted by molar-refractivity contribution is -0.119. The van der Waals surface area contributed by atoms with E-state index in [4.69, 9.17) is 23.2 Å². The summed E-state index contributed by atoms with van der Waals surface area (Å²) in [5, 5.41) is 3.46. The predicted octanol–water partition coefficient (Wildman–Crippen LogP) is 2.37. The zero-order chi connectivity index (χ0) is 13.3. The first-order chi connectivity index (χ1) is 8.35. The fourth-order valence-corrected chi connectivity index (χ4v) is 4.14. The van der Waals surface area contributed by atoms with Crippen molar-refractivity contribution in [2.75, 3.05) is 16.8 Å². The van der Waals surface area contributed by atoms with Crippen LogP contribution in [0.4, 0.5) is 5.69 Å². The standard InChI is InChI=1S/C11H11Cl2NO3S/c12-8-3-9(13)5-10(4-8)14-11(15)7-1-2-18(16,17)6-7/h3-5,7H,1-2,6H2,(H,14,15). The molecule has 1 aliphatic heterocycles. The minimum atomic E-state index is -3.06. The van der Waals surface area contributed by atoms with Crippen LogP contribution in [0.25, 0.3) is 0 Å². The zero-order valence-corrected chi connectivity index (χ0v) is 11.6. The fourth-order valence-electron chi connectivity index (χ4n) is 1.87. The van der Waals surface area contributed by atoms with Gasteiger partial charge in [-0.15, -0.1) is 0 Å². The normalized spacial score (nSPS) is 21.8. The molecule has 1 amide bonds. The minimum Gasteiger partial charge on any atom is -0.326 e. The van der Waals surface area contributed by atoms with Crippen molar-refractivity contribution in [1.82, 2.24) is 0 Å². The van der Waals surface area contributed by atoms with Crippen molar-refractivity contribution in [1.29, 1.82) is 0 Å². The average Bonchev–Trinajstić information content (AvgIpc) is 2.57. The molecule has 1 heterocycles. The van der Waals surface area contributed by atoms with E-state index in [1.54, 1.807) is 18.2 Å². The van der Waals surface area contributed by atoms with Crippen LogP contribution in [0, 0.1) is 5.92 Å². The Bertz CT molecular complexity index is 566. The van der Waals surface area contributed by atoms with Crippen molar-refractivity contribution in [2.24, 2.45) is 5.92 Å². The van der Waals surface area contributed by atoms with Crippen molar-refractivity contribution in [3.63, 3.8) is 0 Å². The smallest absolute Gasteiger partial charge is 0.228 e. The van der Waals surface area contributed by atoms with Gasteiger partial charge in [0.2, 0.25) is 5.91 Å². The van der Waals surface area contributed by atoms with E-state index in [9.17, 15) is 13.2 Å². The highest BCUT2D eigenvalue weighted by Gasteiger charge is 2.32. The molecule has 0 spiro atoms. The molecule has 1 aromatic carbocycles. The second-order valence-corrected chi connectivity index (χ2v) is 7.35. The van der Waals surface area contributed by atoms with Gasteiger partial charge in [0, 0.05) is 15.7 Å². The van der Waals surface area contributed by atoms with Gasteiger partial charge in [0.05, 0.1) is 17.4 Å². The van der Waals surface area contributed by atoms with E-state index in [2.05, 4.69) is 5.32 Å². The number of halogens is 2. The van der Waals surface area contributed by atoms with E-state index in [0.717, 1.165) is 0 Å². The van der Waals surface area contributed by atoms with Gasteiger partial charge in [0.25, 0.3) is 0 Å². The molecule has 1 aromatic rings. The molecule has 4 nitrogen and oxygen atoms in total. The highest BCUT2D eigenvalue weighted by atomic mass is 35.5. The van der Waals surface area contributed by atoms with E-state index in [1.165, 1.54) is 0 Å². The van der Waals surface area contributed by atoms with Gasteiger partial charge in [-0.2, -0.15) is 0 Å². The van der Waals surface area contributed by atoms with Crippen LogP contribution in [-0.4, -0.2) is 25.8 Å². The lowest BCUT2D eigenvalue weighted by atomic mass is 10.1. The van der Waals surface area contributed by atoms with E-state index >= 15 is 0 Å². The summed E-state index contributed by atoms with van der Waals surface area (Å²) >= 11 is 11.6. The lowest BCUT2D eigenvalue weighted by Crippen LogP contribution is -2.23. The topological polar surface area (TPSA) is 63.2 Å². The summed E-state index contributed by atoms with van der Waals surface area (Å²) in [5.41, 5.74) is 0.474. The third kappa shape index (κ3) is 3.37. The number of carbonyl (C=O) groups is 1. The molecule has 0 saturated carbocycles. The SMILES string of the molecule is O=C(Nc1cc(Cl)cc(Cl)c1)C1CCS(=O)(=O)C1. The lowest BCUT2D eigenvalue weighted by Gasteiger charge is -2.10. The maximum Gasteiger partial charge on any atom is 0.228 e. The van der Waals surface area contributed by atoms with Crippen LogP contribution in [0.5, 0.6) is 0 Å². The Morgan fingerprint density at radius 3 is 2.33 bits per heavy atom. The molecule has 7 heteroatoms. The third-order valence-corrected chi connectivity index (χ3v) is 4.94. The number of benzene rings is 1. The van der Waals surface area contributed by atoms with Crippen LogP contribution in [0.15, 0.2) is 18.2 Å². The van der Waals surface area contributed by atoms with Crippen molar-refractivity contribution in [3.8, 4) is 0 Å². The molecule has 98 valence electrons.